The van der Waals surface area contributed by atoms with E-state index in [0.717, 1.165) is 6.07 Å². The highest BCUT2D eigenvalue weighted by Crippen LogP contribution is 2.24. The fraction of sp³-hybridized carbons (Fsp3) is 0.308. The van der Waals surface area contributed by atoms with E-state index in [-0.39, 0.29) is 9.37 Å². The Balaban J connectivity index is 2.31. The van der Waals surface area contributed by atoms with Gasteiger partial charge >= 0.3 is 0 Å². The van der Waals surface area contributed by atoms with Crippen LogP contribution in [0.15, 0.2) is 32.1 Å². The van der Waals surface area contributed by atoms with Gasteiger partial charge in [-0.25, -0.2) is 17.5 Å². The van der Waals surface area contributed by atoms with E-state index in [2.05, 4.69) is 25.8 Å². The molecule has 2 aromatic rings. The van der Waals surface area contributed by atoms with Crippen molar-refractivity contribution in [2.75, 3.05) is 0 Å². The van der Waals surface area contributed by atoms with Gasteiger partial charge in [0.25, 0.3) is 0 Å². The molecular weight excluding hydrogens is 363 g/mol. The van der Waals surface area contributed by atoms with Gasteiger partial charge in [-0.3, -0.25) is 0 Å². The molecule has 1 N–H and O–H groups in total. The molecule has 0 saturated heterocycles. The van der Waals surface area contributed by atoms with Gasteiger partial charge in [0.1, 0.15) is 11.6 Å². The molecule has 0 aliphatic rings. The van der Waals surface area contributed by atoms with E-state index in [4.69, 9.17) is 4.52 Å². The Hall–Kier alpha value is -1.25. The predicted molar refractivity (Wildman–Crippen MR) is 78.8 cm³/mol. The number of nitrogens with one attached hydrogen (secondary N) is 1. The van der Waals surface area contributed by atoms with Gasteiger partial charge in [-0.2, -0.15) is 0 Å². The lowest BCUT2D eigenvalue weighted by atomic mass is 10.1. The summed E-state index contributed by atoms with van der Waals surface area (Å²) in [5.74, 6) is -0.0902. The zero-order valence-electron chi connectivity index (χ0n) is 11.6. The maximum Gasteiger partial charge on any atom is 0.241 e. The van der Waals surface area contributed by atoms with Crippen molar-refractivity contribution in [3.8, 4) is 0 Å². The van der Waals surface area contributed by atoms with Gasteiger partial charge in [0.05, 0.1) is 15.1 Å². The second-order valence-corrected chi connectivity index (χ2v) is 7.23. The lowest BCUT2D eigenvalue weighted by molar-refractivity contribution is 0.391. The molecular formula is C13H14BrFN2O3S. The summed E-state index contributed by atoms with van der Waals surface area (Å²) in [5.41, 5.74) is 1.29. The Labute approximate surface area is 130 Å². The molecule has 0 aliphatic heterocycles. The lowest BCUT2D eigenvalue weighted by Crippen LogP contribution is -2.27. The fourth-order valence-electron chi connectivity index (χ4n) is 2.11. The van der Waals surface area contributed by atoms with E-state index in [9.17, 15) is 12.8 Å². The second-order valence-electron chi connectivity index (χ2n) is 4.66. The number of hydrogen-bond acceptors (Lipinski definition) is 4. The third-order valence-corrected chi connectivity index (χ3v) is 5.24. The Morgan fingerprint density at radius 3 is 2.57 bits per heavy atom. The zero-order chi connectivity index (χ0) is 15.8. The minimum atomic E-state index is -3.84. The molecule has 0 fully saturated rings. The van der Waals surface area contributed by atoms with Crippen molar-refractivity contribution in [1.29, 1.82) is 0 Å². The first-order valence-electron chi connectivity index (χ1n) is 6.12. The number of nitrogens with zero attached hydrogens (tertiary/aromatic N) is 1. The second kappa shape index (κ2) is 5.86. The number of aromatic nitrogens is 1. The minimum Gasteiger partial charge on any atom is -0.361 e. The van der Waals surface area contributed by atoms with Crippen molar-refractivity contribution in [2.24, 2.45) is 0 Å². The highest BCUT2D eigenvalue weighted by molar-refractivity contribution is 9.10. The summed E-state index contributed by atoms with van der Waals surface area (Å²) in [6.45, 7) is 5.12. The van der Waals surface area contributed by atoms with Crippen molar-refractivity contribution in [2.45, 2.75) is 31.7 Å². The van der Waals surface area contributed by atoms with E-state index >= 15 is 0 Å². The van der Waals surface area contributed by atoms with Gasteiger partial charge in [0.15, 0.2) is 0 Å². The number of sulfonamides is 1. The maximum atomic E-state index is 13.5. The smallest absolute Gasteiger partial charge is 0.241 e. The number of rotatable bonds is 4. The highest BCUT2D eigenvalue weighted by atomic mass is 79.9. The van der Waals surface area contributed by atoms with E-state index in [1.807, 2.05) is 0 Å². The van der Waals surface area contributed by atoms with Crippen LogP contribution in [-0.4, -0.2) is 13.6 Å². The first-order chi connectivity index (χ1) is 9.72. The number of hydrogen-bond donors (Lipinski definition) is 1. The van der Waals surface area contributed by atoms with E-state index in [1.165, 1.54) is 12.1 Å². The van der Waals surface area contributed by atoms with E-state index in [1.54, 1.807) is 20.8 Å². The van der Waals surface area contributed by atoms with E-state index in [0.29, 0.717) is 17.0 Å². The van der Waals surface area contributed by atoms with Crippen LogP contribution in [0.1, 0.15) is 30.0 Å². The molecule has 1 atom stereocenters. The molecule has 0 radical (unpaired) electrons. The topological polar surface area (TPSA) is 72.2 Å². The SMILES string of the molecule is Cc1noc(C)c1C(C)NS(=O)(=O)c1ccc(Br)c(F)c1. The molecule has 0 aliphatic carbocycles. The van der Waals surface area contributed by atoms with Crippen molar-refractivity contribution < 1.29 is 17.3 Å². The molecule has 0 bridgehead atoms. The molecule has 21 heavy (non-hydrogen) atoms. The molecule has 1 aromatic heterocycles. The van der Waals surface area contributed by atoms with Gasteiger partial charge in [-0.15, -0.1) is 0 Å². The van der Waals surface area contributed by atoms with Crippen LogP contribution in [0.2, 0.25) is 0 Å². The monoisotopic (exact) mass is 376 g/mol. The van der Waals surface area contributed by atoms with Crippen molar-refractivity contribution >= 4 is 26.0 Å². The summed E-state index contributed by atoms with van der Waals surface area (Å²) in [4.78, 5) is -0.137. The van der Waals surface area contributed by atoms with Crippen LogP contribution >= 0.6 is 15.9 Å². The Morgan fingerprint density at radius 1 is 1.38 bits per heavy atom. The largest absolute Gasteiger partial charge is 0.361 e. The summed E-state index contributed by atoms with van der Waals surface area (Å²) in [6, 6.07) is 3.11. The van der Waals surface area contributed by atoms with Crippen LogP contribution in [0.25, 0.3) is 0 Å². The first kappa shape index (κ1) is 16.1. The normalized spacial score (nSPS) is 13.4. The van der Waals surface area contributed by atoms with Gasteiger partial charge < -0.3 is 4.52 Å². The summed E-state index contributed by atoms with van der Waals surface area (Å²) in [5, 5.41) is 3.79. The average molecular weight is 377 g/mol. The molecule has 0 saturated carbocycles. The Kier molecular flexibility index (Phi) is 4.50. The molecule has 1 unspecified atom stereocenters. The number of halogens is 2. The molecule has 5 nitrogen and oxygen atoms in total. The fourth-order valence-corrected chi connectivity index (χ4v) is 3.58. The molecule has 0 amide bonds. The van der Waals surface area contributed by atoms with E-state index < -0.39 is 21.9 Å². The first-order valence-corrected chi connectivity index (χ1v) is 8.40. The molecule has 0 spiro atoms. The standard InChI is InChI=1S/C13H14BrFN2O3S/c1-7-13(9(3)20-16-7)8(2)17-21(18,19)10-4-5-11(14)12(15)6-10/h4-6,8,17H,1-3H3. The lowest BCUT2D eigenvalue weighted by Gasteiger charge is -2.14. The average Bonchev–Trinajstić information content (AvgIpc) is 2.71. The number of benzene rings is 1. The zero-order valence-corrected chi connectivity index (χ0v) is 14.0. The third-order valence-electron chi connectivity index (χ3n) is 3.05. The summed E-state index contributed by atoms with van der Waals surface area (Å²) in [7, 11) is -3.84. The summed E-state index contributed by atoms with van der Waals surface area (Å²) in [6.07, 6.45) is 0. The van der Waals surface area contributed by atoms with Gasteiger partial charge in [-0.05, 0) is 54.9 Å². The Morgan fingerprint density at radius 2 is 2.05 bits per heavy atom. The van der Waals surface area contributed by atoms with Crippen molar-refractivity contribution in [1.82, 2.24) is 9.88 Å². The molecule has 8 heteroatoms. The quantitative estimate of drug-likeness (QED) is 0.888. The number of aryl methyl sites for hydroxylation is 2. The van der Waals surface area contributed by atoms with Crippen LogP contribution in [0, 0.1) is 19.7 Å². The summed E-state index contributed by atoms with van der Waals surface area (Å²) < 4.78 is 45.8. The molecule has 1 heterocycles. The van der Waals surface area contributed by atoms with Crippen LogP contribution in [0.5, 0.6) is 0 Å². The van der Waals surface area contributed by atoms with Crippen LogP contribution < -0.4 is 4.72 Å². The van der Waals surface area contributed by atoms with Crippen LogP contribution in [0.4, 0.5) is 4.39 Å². The van der Waals surface area contributed by atoms with Gasteiger partial charge in [0, 0.05) is 11.6 Å². The van der Waals surface area contributed by atoms with Crippen LogP contribution in [0.3, 0.4) is 0 Å². The molecule has 1 aromatic carbocycles. The van der Waals surface area contributed by atoms with Crippen molar-refractivity contribution in [3.63, 3.8) is 0 Å². The third kappa shape index (κ3) is 3.33. The Bertz CT molecular complexity index is 754. The predicted octanol–water partition coefficient (Wildman–Crippen LogP) is 3.23. The van der Waals surface area contributed by atoms with Crippen molar-refractivity contribution in [3.05, 3.63) is 45.5 Å². The van der Waals surface area contributed by atoms with Gasteiger partial charge in [-0.1, -0.05) is 5.16 Å². The van der Waals surface area contributed by atoms with Crippen LogP contribution in [-0.2, 0) is 10.0 Å². The molecule has 2 rings (SSSR count). The molecule has 114 valence electrons. The van der Waals surface area contributed by atoms with Gasteiger partial charge in [0.2, 0.25) is 10.0 Å². The highest BCUT2D eigenvalue weighted by Gasteiger charge is 2.23. The summed E-state index contributed by atoms with van der Waals surface area (Å²) >= 11 is 2.99. The maximum absolute atomic E-state index is 13.5. The minimum absolute atomic E-state index is 0.137.